The maximum atomic E-state index is 4.83. The second kappa shape index (κ2) is 6.94. The molecule has 0 N–H and O–H groups in total. The highest BCUT2D eigenvalue weighted by atomic mass is 15.2. The van der Waals surface area contributed by atoms with Gasteiger partial charge in [0.2, 0.25) is 0 Å². The van der Waals surface area contributed by atoms with E-state index >= 15 is 0 Å². The van der Waals surface area contributed by atoms with Gasteiger partial charge >= 0.3 is 0 Å². The van der Waals surface area contributed by atoms with E-state index in [-0.39, 0.29) is 0 Å². The van der Waals surface area contributed by atoms with Crippen LogP contribution < -0.4 is 0 Å². The first-order valence-corrected chi connectivity index (χ1v) is 7.81. The van der Waals surface area contributed by atoms with Crippen molar-refractivity contribution in [1.29, 1.82) is 0 Å². The van der Waals surface area contributed by atoms with Gasteiger partial charge in [-0.1, -0.05) is 0 Å². The third-order valence-corrected chi connectivity index (χ3v) is 4.02. The molecule has 116 valence electrons. The maximum absolute atomic E-state index is 4.83. The number of hydrogen-bond donors (Lipinski definition) is 0. The highest BCUT2D eigenvalue weighted by Gasteiger charge is 2.27. The molecule has 0 bridgehead atoms. The summed E-state index contributed by atoms with van der Waals surface area (Å²) in [5, 5.41) is 0. The minimum Gasteiger partial charge on any atom is -0.304 e. The molecule has 1 saturated heterocycles. The van der Waals surface area contributed by atoms with Gasteiger partial charge in [-0.25, -0.2) is 0 Å². The Morgan fingerprint density at radius 3 is 2.77 bits per heavy atom. The third kappa shape index (κ3) is 3.67. The molecule has 3 rings (SSSR count). The lowest BCUT2D eigenvalue weighted by atomic mass is 10.1. The van der Waals surface area contributed by atoms with Crippen LogP contribution in [0.2, 0.25) is 0 Å². The van der Waals surface area contributed by atoms with Crippen molar-refractivity contribution < 1.29 is 0 Å². The van der Waals surface area contributed by atoms with E-state index in [2.05, 4.69) is 46.0 Å². The zero-order valence-corrected chi connectivity index (χ0v) is 13.3. The van der Waals surface area contributed by atoms with Gasteiger partial charge in [-0.15, -0.1) is 0 Å². The Hall–Kier alpha value is -1.85. The van der Waals surface area contributed by atoms with Gasteiger partial charge in [0.1, 0.15) is 0 Å². The van der Waals surface area contributed by atoms with Crippen LogP contribution in [0, 0.1) is 0 Å². The summed E-state index contributed by atoms with van der Waals surface area (Å²) in [7, 11) is 4.11. The monoisotopic (exact) mass is 297 g/mol. The Morgan fingerprint density at radius 2 is 2.00 bits per heavy atom. The average molecular weight is 297 g/mol. The quantitative estimate of drug-likeness (QED) is 0.847. The van der Waals surface area contributed by atoms with Crippen molar-refractivity contribution >= 4 is 0 Å². The Morgan fingerprint density at radius 1 is 1.18 bits per heavy atom. The Kier molecular flexibility index (Phi) is 4.75. The van der Waals surface area contributed by atoms with Crippen molar-refractivity contribution in [2.75, 3.05) is 20.6 Å². The molecule has 0 radical (unpaired) electrons. The molecule has 0 amide bonds. The van der Waals surface area contributed by atoms with Gasteiger partial charge in [0.15, 0.2) is 0 Å². The highest BCUT2D eigenvalue weighted by Crippen LogP contribution is 2.31. The maximum Gasteiger partial charge on any atom is 0.0762 e. The molecule has 0 saturated carbocycles. The van der Waals surface area contributed by atoms with Gasteiger partial charge in [-0.3, -0.25) is 19.9 Å². The van der Waals surface area contributed by atoms with Crippen LogP contribution >= 0.6 is 0 Å². The average Bonchev–Trinajstić information content (AvgIpc) is 2.96. The molecule has 2 aromatic heterocycles. The molecule has 0 spiro atoms. The Labute approximate surface area is 132 Å². The number of nitrogens with zero attached hydrogens (tertiary/aromatic N) is 5. The van der Waals surface area contributed by atoms with Crippen LogP contribution in [0.5, 0.6) is 0 Å². The summed E-state index contributed by atoms with van der Waals surface area (Å²) in [6.07, 6.45) is 9.89. The number of pyridine rings is 1. The minimum atomic E-state index is 0.378. The lowest BCUT2D eigenvalue weighted by Crippen LogP contribution is -2.24. The fourth-order valence-corrected chi connectivity index (χ4v) is 3.06. The van der Waals surface area contributed by atoms with Crippen LogP contribution in [-0.2, 0) is 13.1 Å². The van der Waals surface area contributed by atoms with E-state index in [1.54, 1.807) is 0 Å². The highest BCUT2D eigenvalue weighted by molar-refractivity contribution is 5.13. The third-order valence-electron chi connectivity index (χ3n) is 4.02. The van der Waals surface area contributed by atoms with E-state index in [4.69, 9.17) is 4.98 Å². The van der Waals surface area contributed by atoms with E-state index in [9.17, 15) is 0 Å². The Bertz CT molecular complexity index is 599. The first-order valence-electron chi connectivity index (χ1n) is 7.81. The zero-order valence-electron chi connectivity index (χ0n) is 13.3. The standard InChI is InChI=1S/C17H23N5/c1-21(2)13-15-10-19-11-16(20-15)17-4-3-9-22(17)12-14-5-7-18-8-6-14/h5-8,10-11,17H,3-4,9,12-13H2,1-2H3/t17-/m1/s1. The topological polar surface area (TPSA) is 45.2 Å². The minimum absolute atomic E-state index is 0.378. The van der Waals surface area contributed by atoms with E-state index in [0.29, 0.717) is 6.04 Å². The summed E-state index contributed by atoms with van der Waals surface area (Å²) < 4.78 is 0. The predicted octanol–water partition coefficient (Wildman–Crippen LogP) is 2.27. The number of likely N-dealkylation sites (tertiary alicyclic amines) is 1. The van der Waals surface area contributed by atoms with Gasteiger partial charge in [0.25, 0.3) is 0 Å². The molecule has 1 atom stereocenters. The molecule has 1 fully saturated rings. The van der Waals surface area contributed by atoms with Gasteiger partial charge in [-0.2, -0.15) is 0 Å². The summed E-state index contributed by atoms with van der Waals surface area (Å²) in [6, 6.07) is 4.55. The fraction of sp³-hybridized carbons (Fsp3) is 0.471. The largest absolute Gasteiger partial charge is 0.304 e. The van der Waals surface area contributed by atoms with Gasteiger partial charge < -0.3 is 4.90 Å². The van der Waals surface area contributed by atoms with E-state index in [1.807, 2.05) is 24.8 Å². The first-order chi connectivity index (χ1) is 10.7. The second-order valence-corrected chi connectivity index (χ2v) is 6.16. The molecule has 5 heteroatoms. The van der Waals surface area contributed by atoms with Crippen LogP contribution in [0.3, 0.4) is 0 Å². The molecule has 22 heavy (non-hydrogen) atoms. The van der Waals surface area contributed by atoms with E-state index < -0.39 is 0 Å². The summed E-state index contributed by atoms with van der Waals surface area (Å²) in [5.74, 6) is 0. The number of rotatable bonds is 5. The molecule has 0 aromatic carbocycles. The molecule has 1 aliphatic heterocycles. The summed E-state index contributed by atoms with van der Waals surface area (Å²) in [4.78, 5) is 17.9. The molecule has 5 nitrogen and oxygen atoms in total. The van der Waals surface area contributed by atoms with Crippen molar-refractivity contribution in [2.24, 2.45) is 0 Å². The second-order valence-electron chi connectivity index (χ2n) is 6.16. The lowest BCUT2D eigenvalue weighted by Gasteiger charge is -2.24. The summed E-state index contributed by atoms with van der Waals surface area (Å²) in [5.41, 5.74) is 3.45. The van der Waals surface area contributed by atoms with Crippen molar-refractivity contribution in [3.05, 3.63) is 53.9 Å². The Balaban J connectivity index is 1.75. The normalized spacial score (nSPS) is 19.0. The van der Waals surface area contributed by atoms with Crippen molar-refractivity contribution in [3.8, 4) is 0 Å². The molecule has 3 heterocycles. The van der Waals surface area contributed by atoms with E-state index in [1.165, 1.54) is 12.0 Å². The van der Waals surface area contributed by atoms with Gasteiger partial charge in [0.05, 0.1) is 17.4 Å². The molecular formula is C17H23N5. The van der Waals surface area contributed by atoms with Crippen LogP contribution in [0.1, 0.15) is 35.8 Å². The first kappa shape index (κ1) is 15.1. The van der Waals surface area contributed by atoms with Crippen LogP contribution in [0.25, 0.3) is 0 Å². The lowest BCUT2D eigenvalue weighted by molar-refractivity contribution is 0.243. The molecule has 0 aliphatic carbocycles. The van der Waals surface area contributed by atoms with Crippen LogP contribution in [0.4, 0.5) is 0 Å². The fourth-order valence-electron chi connectivity index (χ4n) is 3.06. The van der Waals surface area contributed by atoms with E-state index in [0.717, 1.165) is 37.4 Å². The van der Waals surface area contributed by atoms with Crippen molar-refractivity contribution in [1.82, 2.24) is 24.8 Å². The van der Waals surface area contributed by atoms with Crippen molar-refractivity contribution in [2.45, 2.75) is 32.0 Å². The van der Waals surface area contributed by atoms with Crippen LogP contribution in [0.15, 0.2) is 36.9 Å². The number of hydrogen-bond acceptors (Lipinski definition) is 5. The summed E-state index contributed by atoms with van der Waals surface area (Å²) in [6.45, 7) is 2.90. The smallest absolute Gasteiger partial charge is 0.0762 e. The zero-order chi connectivity index (χ0) is 15.4. The van der Waals surface area contributed by atoms with Crippen LogP contribution in [-0.4, -0.2) is 45.4 Å². The molecule has 2 aromatic rings. The summed E-state index contributed by atoms with van der Waals surface area (Å²) >= 11 is 0. The molecule has 0 unspecified atom stereocenters. The SMILES string of the molecule is CN(C)Cc1cncc([C@H]2CCCN2Cc2ccncc2)n1. The molecular weight excluding hydrogens is 274 g/mol. The number of aromatic nitrogens is 3. The van der Waals surface area contributed by atoms with Gasteiger partial charge in [0, 0.05) is 37.9 Å². The predicted molar refractivity (Wildman–Crippen MR) is 86.0 cm³/mol. The molecule has 1 aliphatic rings. The van der Waals surface area contributed by atoms with Gasteiger partial charge in [-0.05, 0) is 51.2 Å². The van der Waals surface area contributed by atoms with Crippen molar-refractivity contribution in [3.63, 3.8) is 0 Å².